The van der Waals surface area contributed by atoms with Crippen molar-refractivity contribution >= 4 is 45.0 Å². The molecule has 1 aliphatic carbocycles. The first kappa shape index (κ1) is 24.1. The Balaban J connectivity index is 1.78. The summed E-state index contributed by atoms with van der Waals surface area (Å²) in [5.41, 5.74) is 2.52. The van der Waals surface area contributed by atoms with Gasteiger partial charge < -0.3 is 9.88 Å². The number of sulfonamides is 1. The van der Waals surface area contributed by atoms with E-state index in [1.54, 1.807) is 6.07 Å². The fraction of sp³-hybridized carbons (Fsp3) is 0.524. The molecule has 10 heteroatoms. The van der Waals surface area contributed by atoms with Gasteiger partial charge in [-0.25, -0.2) is 17.7 Å². The average molecular weight is 485 g/mol. The summed E-state index contributed by atoms with van der Waals surface area (Å²) in [5, 5.41) is 3.37. The van der Waals surface area contributed by atoms with Crippen molar-refractivity contribution in [2.75, 3.05) is 19.4 Å². The number of thioether (sulfide) groups is 1. The molecule has 31 heavy (non-hydrogen) atoms. The number of benzene rings is 1. The van der Waals surface area contributed by atoms with E-state index in [4.69, 9.17) is 16.6 Å². The van der Waals surface area contributed by atoms with Gasteiger partial charge in [-0.1, -0.05) is 36.2 Å². The van der Waals surface area contributed by atoms with Crippen LogP contribution in [-0.2, 0) is 14.8 Å². The zero-order chi connectivity index (χ0) is 22.9. The van der Waals surface area contributed by atoms with Crippen LogP contribution in [0.15, 0.2) is 28.3 Å². The van der Waals surface area contributed by atoms with Crippen LogP contribution in [0, 0.1) is 13.8 Å². The van der Waals surface area contributed by atoms with E-state index in [1.165, 1.54) is 50.8 Å². The lowest BCUT2D eigenvalue weighted by molar-refractivity contribution is -0.115. The molecule has 1 aromatic heterocycles. The lowest BCUT2D eigenvalue weighted by Gasteiger charge is -2.19. The van der Waals surface area contributed by atoms with Crippen molar-refractivity contribution in [2.45, 2.75) is 67.8 Å². The molecule has 1 saturated carbocycles. The summed E-state index contributed by atoms with van der Waals surface area (Å²) in [6, 6.07) is 4.90. The number of carbonyl (C=O) groups is 1. The van der Waals surface area contributed by atoms with E-state index >= 15 is 0 Å². The van der Waals surface area contributed by atoms with Gasteiger partial charge in [0.1, 0.15) is 4.90 Å². The molecule has 7 nitrogen and oxygen atoms in total. The molecule has 1 unspecified atom stereocenters. The smallest absolute Gasteiger partial charge is 0.244 e. The zero-order valence-corrected chi connectivity index (χ0v) is 20.9. The largest absolute Gasteiger partial charge is 0.325 e. The summed E-state index contributed by atoms with van der Waals surface area (Å²) >= 11 is 7.52. The molecule has 0 saturated heterocycles. The number of nitrogens with zero attached hydrogens (tertiary/aromatic N) is 3. The first-order valence-corrected chi connectivity index (χ1v) is 13.0. The summed E-state index contributed by atoms with van der Waals surface area (Å²) < 4.78 is 28.3. The number of anilines is 1. The van der Waals surface area contributed by atoms with Crippen LogP contribution < -0.4 is 5.32 Å². The molecule has 1 fully saturated rings. The molecular weight excluding hydrogens is 456 g/mol. The van der Waals surface area contributed by atoms with Crippen LogP contribution in [0.1, 0.15) is 50.0 Å². The van der Waals surface area contributed by atoms with Crippen LogP contribution in [0.2, 0.25) is 5.02 Å². The Labute approximate surface area is 193 Å². The Morgan fingerprint density at radius 2 is 1.94 bits per heavy atom. The lowest BCUT2D eigenvalue weighted by atomic mass is 10.2. The fourth-order valence-corrected chi connectivity index (χ4v) is 6.17. The second kappa shape index (κ2) is 9.52. The highest BCUT2D eigenvalue weighted by Crippen LogP contribution is 2.36. The number of aryl methyl sites for hydroxylation is 1. The van der Waals surface area contributed by atoms with Gasteiger partial charge in [0.2, 0.25) is 15.9 Å². The van der Waals surface area contributed by atoms with Gasteiger partial charge in [0.05, 0.1) is 16.0 Å². The third-order valence-corrected chi connectivity index (χ3v) is 9.02. The monoisotopic (exact) mass is 484 g/mol. The van der Waals surface area contributed by atoms with Gasteiger partial charge in [-0.05, 0) is 51.8 Å². The maximum Gasteiger partial charge on any atom is 0.244 e. The van der Waals surface area contributed by atoms with E-state index in [2.05, 4.69) is 16.8 Å². The first-order chi connectivity index (χ1) is 14.5. The minimum Gasteiger partial charge on any atom is -0.325 e. The quantitative estimate of drug-likeness (QED) is 0.579. The topological polar surface area (TPSA) is 84.3 Å². The second-order valence-electron chi connectivity index (χ2n) is 8.06. The zero-order valence-electron chi connectivity index (χ0n) is 18.5. The summed E-state index contributed by atoms with van der Waals surface area (Å²) in [5.74, 6) is -0.225. The number of imidazole rings is 1. The van der Waals surface area contributed by atoms with Gasteiger partial charge in [-0.2, -0.15) is 0 Å². The second-order valence-corrected chi connectivity index (χ2v) is 11.9. The molecule has 1 atom stereocenters. The molecule has 0 radical (unpaired) electrons. The maximum atomic E-state index is 12.9. The predicted molar refractivity (Wildman–Crippen MR) is 125 cm³/mol. The number of nitrogens with one attached hydrogen (secondary N) is 1. The highest BCUT2D eigenvalue weighted by Gasteiger charge is 2.26. The highest BCUT2D eigenvalue weighted by atomic mass is 35.5. The van der Waals surface area contributed by atoms with E-state index in [9.17, 15) is 13.2 Å². The molecule has 170 valence electrons. The van der Waals surface area contributed by atoms with Crippen molar-refractivity contribution in [1.82, 2.24) is 13.9 Å². The molecule has 1 N–H and O–H groups in total. The van der Waals surface area contributed by atoms with Gasteiger partial charge in [-0.3, -0.25) is 4.79 Å². The molecule has 1 amide bonds. The molecule has 2 aromatic rings. The van der Waals surface area contributed by atoms with Crippen LogP contribution in [0.5, 0.6) is 0 Å². The average Bonchev–Trinajstić information content (AvgIpc) is 3.31. The third kappa shape index (κ3) is 5.10. The normalized spacial score (nSPS) is 16.1. The van der Waals surface area contributed by atoms with Crippen molar-refractivity contribution in [2.24, 2.45) is 0 Å². The molecule has 3 rings (SSSR count). The molecule has 0 spiro atoms. The number of halogens is 1. The van der Waals surface area contributed by atoms with E-state index in [-0.39, 0.29) is 15.8 Å². The number of aromatic nitrogens is 2. The van der Waals surface area contributed by atoms with Crippen LogP contribution >= 0.6 is 23.4 Å². The molecule has 0 bridgehead atoms. The standard InChI is InChI=1S/C21H29ClN4O3S2/c1-13-14(2)26(17-8-6-7-9-17)21(23-13)30-15(3)20(27)24-16-10-11-18(22)19(12-16)31(28,29)25(4)5/h10-12,15,17H,6-9H2,1-5H3,(H,24,27). The Morgan fingerprint density at radius 3 is 2.55 bits per heavy atom. The summed E-state index contributed by atoms with van der Waals surface area (Å²) in [7, 11) is -0.847. The van der Waals surface area contributed by atoms with Gasteiger partial charge in [0, 0.05) is 31.5 Å². The Bertz CT molecular complexity index is 1080. The van der Waals surface area contributed by atoms with E-state index in [0.717, 1.165) is 33.7 Å². The van der Waals surface area contributed by atoms with Crippen LogP contribution in [0.25, 0.3) is 0 Å². The van der Waals surface area contributed by atoms with Gasteiger partial charge in [0.15, 0.2) is 5.16 Å². The minimum atomic E-state index is -3.72. The van der Waals surface area contributed by atoms with Gasteiger partial charge in [-0.15, -0.1) is 0 Å². The molecular formula is C21H29ClN4O3S2. The number of hydrogen-bond acceptors (Lipinski definition) is 5. The summed E-state index contributed by atoms with van der Waals surface area (Å²) in [6.07, 6.45) is 4.71. The maximum absolute atomic E-state index is 12.9. The highest BCUT2D eigenvalue weighted by molar-refractivity contribution is 8.00. The van der Waals surface area contributed by atoms with E-state index in [0.29, 0.717) is 11.7 Å². The SMILES string of the molecule is Cc1nc(SC(C)C(=O)Nc2ccc(Cl)c(S(=O)(=O)N(C)C)c2)n(C2CCCC2)c1C. The molecule has 0 aliphatic heterocycles. The van der Waals surface area contributed by atoms with Crippen molar-refractivity contribution in [3.8, 4) is 0 Å². The summed E-state index contributed by atoms with van der Waals surface area (Å²) in [4.78, 5) is 17.5. The van der Waals surface area contributed by atoms with Crippen molar-refractivity contribution < 1.29 is 13.2 Å². The van der Waals surface area contributed by atoms with Crippen LogP contribution in [0.4, 0.5) is 5.69 Å². The first-order valence-electron chi connectivity index (χ1n) is 10.3. The van der Waals surface area contributed by atoms with Crippen molar-refractivity contribution in [3.63, 3.8) is 0 Å². The predicted octanol–water partition coefficient (Wildman–Crippen LogP) is 4.64. The van der Waals surface area contributed by atoms with Crippen molar-refractivity contribution in [3.05, 3.63) is 34.6 Å². The lowest BCUT2D eigenvalue weighted by Crippen LogP contribution is -2.25. The van der Waals surface area contributed by atoms with Crippen LogP contribution in [-0.4, -0.2) is 47.5 Å². The molecule has 1 aliphatic rings. The van der Waals surface area contributed by atoms with Gasteiger partial charge in [0.25, 0.3) is 0 Å². The molecule has 1 aromatic carbocycles. The summed E-state index contributed by atoms with van der Waals surface area (Å²) in [6.45, 7) is 5.90. The number of hydrogen-bond donors (Lipinski definition) is 1. The Morgan fingerprint density at radius 1 is 1.29 bits per heavy atom. The number of amides is 1. The van der Waals surface area contributed by atoms with Gasteiger partial charge >= 0.3 is 0 Å². The van der Waals surface area contributed by atoms with E-state index < -0.39 is 15.3 Å². The van der Waals surface area contributed by atoms with Crippen LogP contribution in [0.3, 0.4) is 0 Å². The third-order valence-electron chi connectivity index (χ3n) is 5.65. The number of carbonyl (C=O) groups excluding carboxylic acids is 1. The molecule has 1 heterocycles. The van der Waals surface area contributed by atoms with Crippen molar-refractivity contribution in [1.29, 1.82) is 0 Å². The Kier molecular flexibility index (Phi) is 7.40. The Hall–Kier alpha value is -1.55. The number of rotatable bonds is 7. The van der Waals surface area contributed by atoms with E-state index in [1.807, 2.05) is 13.8 Å². The fourth-order valence-electron chi connectivity index (χ4n) is 3.70. The minimum absolute atomic E-state index is 0.0414.